The highest BCUT2D eigenvalue weighted by Gasteiger charge is 2.25. The van der Waals surface area contributed by atoms with E-state index in [1.54, 1.807) is 13.8 Å². The van der Waals surface area contributed by atoms with Gasteiger partial charge in [0.25, 0.3) is 5.91 Å². The number of aryl methyl sites for hydroxylation is 2. The number of hydrogen-bond acceptors (Lipinski definition) is 4. The van der Waals surface area contributed by atoms with Crippen molar-refractivity contribution in [2.45, 2.75) is 34.6 Å². The molecular formula is C22H29N3O4. The van der Waals surface area contributed by atoms with E-state index in [2.05, 4.69) is 10.3 Å². The Kier molecular flexibility index (Phi) is 7.34. The van der Waals surface area contributed by atoms with Crippen LogP contribution in [0.1, 0.15) is 50.2 Å². The number of rotatable bonds is 8. The minimum atomic E-state index is -0.341. The van der Waals surface area contributed by atoms with Crippen molar-refractivity contribution in [1.82, 2.24) is 9.88 Å². The minimum Gasteiger partial charge on any atom is -0.383 e. The zero-order valence-electron chi connectivity index (χ0n) is 17.9. The first kappa shape index (κ1) is 22.4. The molecule has 0 aliphatic carbocycles. The van der Waals surface area contributed by atoms with Crippen molar-refractivity contribution in [3.8, 4) is 0 Å². The molecule has 0 saturated carbocycles. The number of aromatic amines is 1. The van der Waals surface area contributed by atoms with Crippen molar-refractivity contribution in [3.05, 3.63) is 51.8 Å². The van der Waals surface area contributed by atoms with E-state index in [9.17, 15) is 14.4 Å². The number of H-pyrrole nitrogens is 1. The molecule has 156 valence electrons. The number of hydrogen-bond donors (Lipinski definition) is 2. The standard InChI is InChI=1S/C22H29N3O4/c1-13-8-7-9-18(14(13)2)24-19(27)12-25(10-11-29-6)22(28)21-15(3)20(17(5)26)16(4)23-21/h7-9,23H,10-12H2,1-6H3,(H,24,27). The number of carbonyl (C=O) groups is 3. The Bertz CT molecular complexity index is 930. The van der Waals surface area contributed by atoms with Crippen LogP contribution in [0.4, 0.5) is 5.69 Å². The highest BCUT2D eigenvalue weighted by atomic mass is 16.5. The number of carbonyl (C=O) groups excluding carboxylic acids is 3. The van der Waals surface area contributed by atoms with Crippen molar-refractivity contribution in [2.24, 2.45) is 0 Å². The molecule has 0 aliphatic rings. The van der Waals surface area contributed by atoms with Crippen LogP contribution in [0.3, 0.4) is 0 Å². The number of amides is 2. The van der Waals surface area contributed by atoms with Gasteiger partial charge in [-0.25, -0.2) is 0 Å². The number of aromatic nitrogens is 1. The molecule has 7 nitrogen and oxygen atoms in total. The lowest BCUT2D eigenvalue weighted by Gasteiger charge is -2.22. The molecule has 0 aliphatic heterocycles. The molecular weight excluding hydrogens is 370 g/mol. The second kappa shape index (κ2) is 9.52. The lowest BCUT2D eigenvalue weighted by molar-refractivity contribution is -0.117. The Morgan fingerprint density at radius 1 is 1.10 bits per heavy atom. The Morgan fingerprint density at radius 2 is 1.79 bits per heavy atom. The van der Waals surface area contributed by atoms with Crippen LogP contribution in [-0.4, -0.2) is 54.3 Å². The summed E-state index contributed by atoms with van der Waals surface area (Å²) in [5.74, 6) is -0.742. The first-order valence-electron chi connectivity index (χ1n) is 9.51. The summed E-state index contributed by atoms with van der Waals surface area (Å²) in [6.07, 6.45) is 0. The molecule has 7 heteroatoms. The van der Waals surface area contributed by atoms with E-state index in [4.69, 9.17) is 4.74 Å². The van der Waals surface area contributed by atoms with Crippen molar-refractivity contribution in [1.29, 1.82) is 0 Å². The molecule has 29 heavy (non-hydrogen) atoms. The van der Waals surface area contributed by atoms with Crippen LogP contribution >= 0.6 is 0 Å². The van der Waals surface area contributed by atoms with Crippen molar-refractivity contribution in [2.75, 3.05) is 32.1 Å². The van der Waals surface area contributed by atoms with E-state index < -0.39 is 0 Å². The average Bonchev–Trinajstić information content (AvgIpc) is 2.96. The number of methoxy groups -OCH3 is 1. The highest BCUT2D eigenvalue weighted by molar-refractivity contribution is 6.04. The van der Waals surface area contributed by atoms with Gasteiger partial charge in [0.15, 0.2) is 5.78 Å². The minimum absolute atomic E-state index is 0.105. The molecule has 2 rings (SSSR count). The molecule has 0 bridgehead atoms. The van der Waals surface area contributed by atoms with Crippen LogP contribution in [0.2, 0.25) is 0 Å². The number of anilines is 1. The summed E-state index contributed by atoms with van der Waals surface area (Å²) in [6, 6.07) is 5.68. The predicted octanol–water partition coefficient (Wildman–Crippen LogP) is 3.18. The zero-order chi connectivity index (χ0) is 21.7. The fourth-order valence-electron chi connectivity index (χ4n) is 3.35. The summed E-state index contributed by atoms with van der Waals surface area (Å²) >= 11 is 0. The number of nitrogens with zero attached hydrogens (tertiary/aromatic N) is 1. The first-order chi connectivity index (χ1) is 13.7. The van der Waals surface area contributed by atoms with Gasteiger partial charge in [-0.3, -0.25) is 14.4 Å². The van der Waals surface area contributed by atoms with Gasteiger partial charge in [0.2, 0.25) is 5.91 Å². The number of nitrogens with one attached hydrogen (secondary N) is 2. The van der Waals surface area contributed by atoms with Crippen LogP contribution in [-0.2, 0) is 9.53 Å². The third kappa shape index (κ3) is 5.12. The topological polar surface area (TPSA) is 91.5 Å². The SMILES string of the molecule is COCCN(CC(=O)Nc1cccc(C)c1C)C(=O)c1[nH]c(C)c(C(C)=O)c1C. The third-order valence-corrected chi connectivity index (χ3v) is 5.07. The molecule has 0 spiro atoms. The zero-order valence-corrected chi connectivity index (χ0v) is 17.9. The molecule has 0 saturated heterocycles. The predicted molar refractivity (Wildman–Crippen MR) is 113 cm³/mol. The molecule has 1 heterocycles. The van der Waals surface area contributed by atoms with Gasteiger partial charge in [0, 0.05) is 30.6 Å². The molecule has 0 unspecified atom stereocenters. The van der Waals surface area contributed by atoms with Gasteiger partial charge in [-0.1, -0.05) is 12.1 Å². The molecule has 2 aromatic rings. The number of ketones is 1. The van der Waals surface area contributed by atoms with Gasteiger partial charge in [-0.05, 0) is 57.4 Å². The molecule has 0 atom stereocenters. The maximum absolute atomic E-state index is 13.1. The van der Waals surface area contributed by atoms with Crippen molar-refractivity contribution in [3.63, 3.8) is 0 Å². The Morgan fingerprint density at radius 3 is 2.38 bits per heavy atom. The summed E-state index contributed by atoms with van der Waals surface area (Å²) in [5, 5.41) is 2.88. The summed E-state index contributed by atoms with van der Waals surface area (Å²) in [6.45, 7) is 9.30. The van der Waals surface area contributed by atoms with Gasteiger partial charge in [0.05, 0.1) is 6.61 Å². The molecule has 0 radical (unpaired) electrons. The average molecular weight is 399 g/mol. The van der Waals surface area contributed by atoms with Gasteiger partial charge < -0.3 is 19.9 Å². The van der Waals surface area contributed by atoms with Gasteiger partial charge >= 0.3 is 0 Å². The van der Waals surface area contributed by atoms with E-state index in [-0.39, 0.29) is 30.7 Å². The maximum atomic E-state index is 13.1. The van der Waals surface area contributed by atoms with Crippen LogP contribution < -0.4 is 5.32 Å². The Labute approximate surface area is 171 Å². The van der Waals surface area contributed by atoms with Crippen LogP contribution in [0, 0.1) is 27.7 Å². The monoisotopic (exact) mass is 399 g/mol. The molecule has 2 amide bonds. The normalized spacial score (nSPS) is 10.7. The van der Waals surface area contributed by atoms with Crippen LogP contribution in [0.5, 0.6) is 0 Å². The Balaban J connectivity index is 2.24. The van der Waals surface area contributed by atoms with Gasteiger partial charge in [-0.15, -0.1) is 0 Å². The van der Waals surface area contributed by atoms with Crippen LogP contribution in [0.25, 0.3) is 0 Å². The summed E-state index contributed by atoms with van der Waals surface area (Å²) < 4.78 is 5.10. The summed E-state index contributed by atoms with van der Waals surface area (Å²) in [7, 11) is 1.54. The van der Waals surface area contributed by atoms with Crippen LogP contribution in [0.15, 0.2) is 18.2 Å². The summed E-state index contributed by atoms with van der Waals surface area (Å²) in [5.41, 5.74) is 4.85. The smallest absolute Gasteiger partial charge is 0.271 e. The number of benzene rings is 1. The summed E-state index contributed by atoms with van der Waals surface area (Å²) in [4.78, 5) is 42.1. The fraction of sp³-hybridized carbons (Fsp3) is 0.409. The van der Waals surface area contributed by atoms with Gasteiger partial charge in [-0.2, -0.15) is 0 Å². The van der Waals surface area contributed by atoms with E-state index >= 15 is 0 Å². The van der Waals surface area contributed by atoms with Crippen molar-refractivity contribution >= 4 is 23.3 Å². The molecule has 2 N–H and O–H groups in total. The second-order valence-corrected chi connectivity index (χ2v) is 7.20. The Hall–Kier alpha value is -2.93. The van der Waals surface area contributed by atoms with Crippen molar-refractivity contribution < 1.29 is 19.1 Å². The fourth-order valence-corrected chi connectivity index (χ4v) is 3.35. The van der Waals surface area contributed by atoms with E-state index in [0.29, 0.717) is 29.1 Å². The molecule has 1 aromatic carbocycles. The van der Waals surface area contributed by atoms with Gasteiger partial charge in [0.1, 0.15) is 12.2 Å². The van der Waals surface area contributed by atoms with E-state index in [1.165, 1.54) is 18.9 Å². The van der Waals surface area contributed by atoms with E-state index in [0.717, 1.165) is 16.8 Å². The quantitative estimate of drug-likeness (QED) is 0.667. The second-order valence-electron chi connectivity index (χ2n) is 7.20. The molecule has 1 aromatic heterocycles. The maximum Gasteiger partial charge on any atom is 0.271 e. The third-order valence-electron chi connectivity index (χ3n) is 5.07. The lowest BCUT2D eigenvalue weighted by Crippen LogP contribution is -2.40. The highest BCUT2D eigenvalue weighted by Crippen LogP contribution is 2.21. The number of Topliss-reactive ketones (excluding diaryl/α,β-unsaturated/α-hetero) is 1. The lowest BCUT2D eigenvalue weighted by atomic mass is 10.1. The number of ether oxygens (including phenoxy) is 1. The largest absolute Gasteiger partial charge is 0.383 e. The molecule has 0 fully saturated rings. The first-order valence-corrected chi connectivity index (χ1v) is 9.51. The van der Waals surface area contributed by atoms with E-state index in [1.807, 2.05) is 32.0 Å².